The Balaban J connectivity index is 1.40. The fourth-order valence-corrected chi connectivity index (χ4v) is 7.20. The summed E-state index contributed by atoms with van der Waals surface area (Å²) in [7, 11) is 0. The second-order valence-electron chi connectivity index (χ2n) is 10.4. The molecule has 0 fully saturated rings. The molecule has 43 heavy (non-hydrogen) atoms. The summed E-state index contributed by atoms with van der Waals surface area (Å²) in [5.41, 5.74) is 4.46. The van der Waals surface area contributed by atoms with Gasteiger partial charge in [0, 0.05) is 4.88 Å². The molecule has 1 aromatic carbocycles. The number of rotatable bonds is 10. The van der Waals surface area contributed by atoms with E-state index >= 15 is 0 Å². The first-order valence-electron chi connectivity index (χ1n) is 14.4. The lowest BCUT2D eigenvalue weighted by molar-refractivity contribution is -0.115. The van der Waals surface area contributed by atoms with Gasteiger partial charge in [0.15, 0.2) is 16.7 Å². The SMILES string of the molecule is CCOC(=O)c1c(NC(=O)C(C)Sc2nnc(CNC(=O)c3ccco3)n2-c2cccc(C)c2C)sc2c1CCCCC2. The van der Waals surface area contributed by atoms with E-state index in [4.69, 9.17) is 9.15 Å². The van der Waals surface area contributed by atoms with E-state index in [9.17, 15) is 14.4 Å². The van der Waals surface area contributed by atoms with Gasteiger partial charge in [-0.25, -0.2) is 4.79 Å². The summed E-state index contributed by atoms with van der Waals surface area (Å²) >= 11 is 2.73. The number of furan rings is 1. The Hall–Kier alpha value is -3.90. The van der Waals surface area contributed by atoms with Gasteiger partial charge in [-0.2, -0.15) is 0 Å². The van der Waals surface area contributed by atoms with Crippen LogP contribution in [-0.4, -0.2) is 44.4 Å². The molecule has 0 bridgehead atoms. The lowest BCUT2D eigenvalue weighted by Gasteiger charge is -2.16. The van der Waals surface area contributed by atoms with Crippen LogP contribution in [0.3, 0.4) is 0 Å². The van der Waals surface area contributed by atoms with Crippen molar-refractivity contribution in [2.45, 2.75) is 76.8 Å². The summed E-state index contributed by atoms with van der Waals surface area (Å²) in [6.07, 6.45) is 6.33. The van der Waals surface area contributed by atoms with Crippen LogP contribution >= 0.6 is 23.1 Å². The van der Waals surface area contributed by atoms with Crippen molar-refractivity contribution in [2.24, 2.45) is 0 Å². The summed E-state index contributed by atoms with van der Waals surface area (Å²) in [5.74, 6) is -0.307. The second-order valence-corrected chi connectivity index (χ2v) is 12.8. The number of thioether (sulfide) groups is 1. The number of aromatic nitrogens is 3. The molecule has 5 rings (SSSR count). The van der Waals surface area contributed by atoms with E-state index < -0.39 is 11.2 Å². The lowest BCUT2D eigenvalue weighted by Crippen LogP contribution is -2.25. The first kappa shape index (κ1) is 30.6. The zero-order chi connectivity index (χ0) is 30.5. The van der Waals surface area contributed by atoms with E-state index in [0.29, 0.717) is 21.5 Å². The molecule has 1 unspecified atom stereocenters. The molecule has 2 N–H and O–H groups in total. The average Bonchev–Trinajstić information content (AvgIpc) is 3.70. The number of benzene rings is 1. The first-order valence-corrected chi connectivity index (χ1v) is 16.1. The van der Waals surface area contributed by atoms with Crippen LogP contribution < -0.4 is 10.6 Å². The summed E-state index contributed by atoms with van der Waals surface area (Å²) in [6, 6.07) is 9.17. The highest BCUT2D eigenvalue weighted by Crippen LogP contribution is 2.38. The molecule has 226 valence electrons. The molecule has 3 heterocycles. The Morgan fingerprint density at radius 3 is 2.70 bits per heavy atom. The van der Waals surface area contributed by atoms with Crippen molar-refractivity contribution < 1.29 is 23.5 Å². The van der Waals surface area contributed by atoms with E-state index in [1.807, 2.05) is 36.6 Å². The van der Waals surface area contributed by atoms with Gasteiger partial charge in [-0.15, -0.1) is 21.5 Å². The van der Waals surface area contributed by atoms with Crippen molar-refractivity contribution in [1.29, 1.82) is 0 Å². The summed E-state index contributed by atoms with van der Waals surface area (Å²) in [6.45, 7) is 7.98. The summed E-state index contributed by atoms with van der Waals surface area (Å²) in [4.78, 5) is 40.2. The minimum Gasteiger partial charge on any atom is -0.462 e. The fourth-order valence-electron chi connectivity index (χ4n) is 5.04. The zero-order valence-corrected chi connectivity index (χ0v) is 26.3. The van der Waals surface area contributed by atoms with Crippen molar-refractivity contribution in [3.8, 4) is 5.69 Å². The van der Waals surface area contributed by atoms with E-state index in [-0.39, 0.29) is 30.7 Å². The number of nitrogens with zero attached hydrogens (tertiary/aromatic N) is 3. The van der Waals surface area contributed by atoms with Crippen LogP contribution in [0.1, 0.15) is 81.4 Å². The third-order valence-electron chi connectivity index (χ3n) is 7.46. The molecule has 2 amide bonds. The maximum absolute atomic E-state index is 13.6. The number of carbonyl (C=O) groups excluding carboxylic acids is 3. The highest BCUT2D eigenvalue weighted by atomic mass is 32.2. The molecule has 3 aromatic heterocycles. The summed E-state index contributed by atoms with van der Waals surface area (Å²) < 4.78 is 12.5. The van der Waals surface area contributed by atoms with Gasteiger partial charge in [0.1, 0.15) is 5.00 Å². The maximum atomic E-state index is 13.6. The molecule has 1 aliphatic carbocycles. The number of fused-ring (bicyclic) bond motifs is 1. The van der Waals surface area contributed by atoms with Crippen LogP contribution in [0.5, 0.6) is 0 Å². The normalized spacial score (nSPS) is 13.6. The minimum atomic E-state index is -0.574. The molecule has 0 saturated heterocycles. The molecular formula is C31H35N5O5S2. The van der Waals surface area contributed by atoms with Crippen molar-refractivity contribution >= 4 is 45.9 Å². The molecule has 0 aliphatic heterocycles. The average molecular weight is 622 g/mol. The van der Waals surface area contributed by atoms with Gasteiger partial charge >= 0.3 is 5.97 Å². The first-order chi connectivity index (χ1) is 20.8. The molecule has 0 radical (unpaired) electrons. The van der Waals surface area contributed by atoms with Crippen molar-refractivity contribution in [3.05, 3.63) is 75.3 Å². The number of carbonyl (C=O) groups is 3. The van der Waals surface area contributed by atoms with Crippen LogP contribution in [0, 0.1) is 13.8 Å². The molecule has 12 heteroatoms. The van der Waals surface area contributed by atoms with Crippen molar-refractivity contribution in [2.75, 3.05) is 11.9 Å². The largest absolute Gasteiger partial charge is 0.462 e. The van der Waals surface area contributed by atoms with Crippen LogP contribution in [0.2, 0.25) is 0 Å². The Morgan fingerprint density at radius 1 is 1.12 bits per heavy atom. The third-order valence-corrected chi connectivity index (χ3v) is 9.71. The molecule has 1 atom stereocenters. The molecule has 0 spiro atoms. The predicted octanol–water partition coefficient (Wildman–Crippen LogP) is 6.03. The minimum absolute atomic E-state index is 0.102. The maximum Gasteiger partial charge on any atom is 0.341 e. The van der Waals surface area contributed by atoms with E-state index in [1.165, 1.54) is 29.4 Å². The Morgan fingerprint density at radius 2 is 1.93 bits per heavy atom. The quantitative estimate of drug-likeness (QED) is 0.125. The zero-order valence-electron chi connectivity index (χ0n) is 24.7. The number of aryl methyl sites for hydroxylation is 2. The number of anilines is 1. The molecule has 0 saturated carbocycles. The van der Waals surface area contributed by atoms with Crippen LogP contribution in [0.25, 0.3) is 5.69 Å². The fraction of sp³-hybridized carbons (Fsp3) is 0.387. The number of amides is 2. The smallest absolute Gasteiger partial charge is 0.341 e. The Kier molecular flexibility index (Phi) is 9.66. The van der Waals surface area contributed by atoms with E-state index in [1.54, 1.807) is 26.0 Å². The van der Waals surface area contributed by atoms with Gasteiger partial charge in [-0.05, 0) is 88.3 Å². The van der Waals surface area contributed by atoms with Gasteiger partial charge in [0.25, 0.3) is 5.91 Å². The highest BCUT2D eigenvalue weighted by molar-refractivity contribution is 8.00. The number of ether oxygens (including phenoxy) is 1. The summed E-state index contributed by atoms with van der Waals surface area (Å²) in [5, 5.41) is 15.1. The molecule has 1 aliphatic rings. The monoisotopic (exact) mass is 621 g/mol. The third kappa shape index (κ3) is 6.70. The van der Waals surface area contributed by atoms with E-state index in [2.05, 4.69) is 20.8 Å². The number of hydrogen-bond donors (Lipinski definition) is 2. The Bertz CT molecular complexity index is 1630. The topological polar surface area (TPSA) is 128 Å². The van der Waals surface area contributed by atoms with E-state index in [0.717, 1.165) is 59.4 Å². The van der Waals surface area contributed by atoms with Gasteiger partial charge in [0.2, 0.25) is 5.91 Å². The number of thiophene rings is 1. The highest BCUT2D eigenvalue weighted by Gasteiger charge is 2.29. The van der Waals surface area contributed by atoms with Crippen molar-refractivity contribution in [1.82, 2.24) is 20.1 Å². The Labute approximate surface area is 258 Å². The number of hydrogen-bond acceptors (Lipinski definition) is 9. The molecule has 4 aromatic rings. The van der Waals surface area contributed by atoms with Gasteiger partial charge in [-0.1, -0.05) is 30.3 Å². The standard InChI is InChI=1S/C31H35N5O5S2/c1-5-40-30(39)26-21-12-7-6-8-15-24(21)43-29(26)33-27(37)20(4)42-31-35-34-25(17-32-28(38)23-14-10-16-41-23)36(31)22-13-9-11-18(2)19(22)3/h9-11,13-14,16,20H,5-8,12,15,17H2,1-4H3,(H,32,38)(H,33,37). The van der Waals surface area contributed by atoms with Crippen LogP contribution in [0.4, 0.5) is 5.00 Å². The lowest BCUT2D eigenvalue weighted by atomic mass is 10.1. The van der Waals surface area contributed by atoms with Gasteiger partial charge in [0.05, 0.1) is 35.9 Å². The van der Waals surface area contributed by atoms with Crippen molar-refractivity contribution in [3.63, 3.8) is 0 Å². The van der Waals surface area contributed by atoms with Gasteiger partial charge < -0.3 is 19.8 Å². The number of nitrogens with one attached hydrogen (secondary N) is 2. The second kappa shape index (κ2) is 13.6. The molecular weight excluding hydrogens is 587 g/mol. The van der Waals surface area contributed by atoms with Gasteiger partial charge in [-0.3, -0.25) is 14.2 Å². The van der Waals surface area contributed by atoms with Crippen LogP contribution in [0.15, 0.2) is 46.2 Å². The predicted molar refractivity (Wildman–Crippen MR) is 166 cm³/mol. The molecule has 10 nitrogen and oxygen atoms in total. The number of esters is 1. The van der Waals surface area contributed by atoms with Crippen LogP contribution in [-0.2, 0) is 28.9 Å².